The van der Waals surface area contributed by atoms with Crippen molar-refractivity contribution < 1.29 is 19.6 Å². The number of hydrogen-bond donors (Lipinski definition) is 1. The third-order valence-corrected chi connectivity index (χ3v) is 2.19. The molecule has 1 rings (SSSR count). The first-order valence-corrected chi connectivity index (χ1v) is 5.43. The van der Waals surface area contributed by atoms with Crippen molar-refractivity contribution in [3.8, 4) is 5.88 Å². The Balaban J connectivity index is 2.93. The van der Waals surface area contributed by atoms with Crippen molar-refractivity contribution in [2.45, 2.75) is 20.3 Å². The van der Waals surface area contributed by atoms with Gasteiger partial charge in [-0.25, -0.2) is 9.78 Å². The number of ether oxygens (including phenoxy) is 1. The quantitative estimate of drug-likeness (QED) is 0.616. The van der Waals surface area contributed by atoms with E-state index in [-0.39, 0.29) is 23.9 Å². The lowest BCUT2D eigenvalue weighted by Gasteiger charge is -2.07. The molecule has 0 aliphatic carbocycles. The second-order valence-electron chi connectivity index (χ2n) is 4.11. The van der Waals surface area contributed by atoms with Crippen LogP contribution in [0.4, 0.5) is 5.69 Å². The Morgan fingerprint density at radius 2 is 2.22 bits per heavy atom. The maximum absolute atomic E-state index is 10.7. The Hall–Kier alpha value is -2.18. The molecular formula is C11H14N2O5. The number of hydrogen-bond acceptors (Lipinski definition) is 5. The summed E-state index contributed by atoms with van der Waals surface area (Å²) in [6.45, 7) is 4.23. The molecule has 0 spiro atoms. The van der Waals surface area contributed by atoms with Crippen LogP contribution in [0.25, 0.3) is 0 Å². The van der Waals surface area contributed by atoms with Gasteiger partial charge in [0.25, 0.3) is 5.88 Å². The molecule has 0 aliphatic heterocycles. The Bertz CT molecular complexity index is 459. The highest BCUT2D eigenvalue weighted by atomic mass is 16.6. The van der Waals surface area contributed by atoms with Crippen molar-refractivity contribution in [2.24, 2.45) is 5.92 Å². The summed E-state index contributed by atoms with van der Waals surface area (Å²) in [6, 6.07) is 2.16. The minimum atomic E-state index is -1.25. The maximum Gasteiger partial charge on any atom is 0.354 e. The summed E-state index contributed by atoms with van der Waals surface area (Å²) in [5, 5.41) is 19.5. The molecule has 7 heteroatoms. The van der Waals surface area contributed by atoms with Gasteiger partial charge in [0.15, 0.2) is 5.69 Å². The van der Waals surface area contributed by atoms with Crippen LogP contribution in [0, 0.1) is 16.0 Å². The largest absolute Gasteiger partial charge is 0.477 e. The van der Waals surface area contributed by atoms with Crippen LogP contribution in [-0.4, -0.2) is 27.6 Å². The normalized spacial score (nSPS) is 10.4. The molecule has 1 aromatic rings. The molecule has 0 fully saturated rings. The standard InChI is InChI=1S/C11H14N2O5/c1-7(2)5-6-18-10-9(13(16)17)4-3-8(12-10)11(14)15/h3-4,7H,5-6H2,1-2H3,(H,14,15). The summed E-state index contributed by atoms with van der Waals surface area (Å²) < 4.78 is 5.18. The monoisotopic (exact) mass is 254 g/mol. The van der Waals surface area contributed by atoms with Crippen molar-refractivity contribution in [1.29, 1.82) is 0 Å². The number of pyridine rings is 1. The summed E-state index contributed by atoms with van der Waals surface area (Å²) in [5.74, 6) is -1.12. The minimum Gasteiger partial charge on any atom is -0.477 e. The maximum atomic E-state index is 10.7. The number of carbonyl (C=O) groups is 1. The van der Waals surface area contributed by atoms with E-state index in [1.807, 2.05) is 13.8 Å². The van der Waals surface area contributed by atoms with E-state index in [0.717, 1.165) is 12.1 Å². The second kappa shape index (κ2) is 5.95. The van der Waals surface area contributed by atoms with Gasteiger partial charge in [0.05, 0.1) is 11.5 Å². The molecule has 0 bridgehead atoms. The molecule has 1 heterocycles. The van der Waals surface area contributed by atoms with E-state index in [1.165, 1.54) is 0 Å². The van der Waals surface area contributed by atoms with E-state index < -0.39 is 10.9 Å². The van der Waals surface area contributed by atoms with Gasteiger partial charge in [0.1, 0.15) is 0 Å². The SMILES string of the molecule is CC(C)CCOc1nc(C(=O)O)ccc1[N+](=O)[O-]. The fourth-order valence-electron chi connectivity index (χ4n) is 1.19. The highest BCUT2D eigenvalue weighted by Crippen LogP contribution is 2.24. The minimum absolute atomic E-state index is 0.249. The Kier molecular flexibility index (Phi) is 4.59. The molecular weight excluding hydrogens is 240 g/mol. The van der Waals surface area contributed by atoms with E-state index in [1.54, 1.807) is 0 Å². The number of rotatable bonds is 6. The van der Waals surface area contributed by atoms with Crippen LogP contribution in [0.2, 0.25) is 0 Å². The van der Waals surface area contributed by atoms with Crippen molar-refractivity contribution >= 4 is 11.7 Å². The predicted molar refractivity (Wildman–Crippen MR) is 62.8 cm³/mol. The lowest BCUT2D eigenvalue weighted by molar-refractivity contribution is -0.386. The zero-order valence-electron chi connectivity index (χ0n) is 10.1. The van der Waals surface area contributed by atoms with E-state index in [0.29, 0.717) is 12.3 Å². The van der Waals surface area contributed by atoms with E-state index in [2.05, 4.69) is 4.98 Å². The van der Waals surface area contributed by atoms with Crippen molar-refractivity contribution in [1.82, 2.24) is 4.98 Å². The number of nitro groups is 1. The van der Waals surface area contributed by atoms with Gasteiger partial charge in [-0.05, 0) is 18.4 Å². The molecule has 0 radical (unpaired) electrons. The molecule has 0 atom stereocenters. The van der Waals surface area contributed by atoms with E-state index in [4.69, 9.17) is 9.84 Å². The average Bonchev–Trinajstić information content (AvgIpc) is 2.27. The van der Waals surface area contributed by atoms with Gasteiger partial charge in [0.2, 0.25) is 0 Å². The zero-order chi connectivity index (χ0) is 13.7. The molecule has 0 saturated carbocycles. The van der Waals surface area contributed by atoms with Crippen LogP contribution in [0.5, 0.6) is 5.88 Å². The van der Waals surface area contributed by atoms with Crippen LogP contribution in [-0.2, 0) is 0 Å². The third-order valence-electron chi connectivity index (χ3n) is 2.19. The van der Waals surface area contributed by atoms with Crippen molar-refractivity contribution in [3.05, 3.63) is 27.9 Å². The summed E-state index contributed by atoms with van der Waals surface area (Å²) >= 11 is 0. The second-order valence-corrected chi connectivity index (χ2v) is 4.11. The molecule has 0 amide bonds. The topological polar surface area (TPSA) is 103 Å². The molecule has 0 saturated heterocycles. The summed E-state index contributed by atoms with van der Waals surface area (Å²) in [5.41, 5.74) is -0.607. The molecule has 0 aromatic carbocycles. The van der Waals surface area contributed by atoms with E-state index in [9.17, 15) is 14.9 Å². The number of aromatic carboxylic acids is 1. The third kappa shape index (κ3) is 3.69. The fraction of sp³-hybridized carbons (Fsp3) is 0.455. The Morgan fingerprint density at radius 1 is 1.56 bits per heavy atom. The van der Waals surface area contributed by atoms with Crippen LogP contribution < -0.4 is 4.74 Å². The van der Waals surface area contributed by atoms with Gasteiger partial charge in [-0.2, -0.15) is 0 Å². The molecule has 98 valence electrons. The predicted octanol–water partition coefficient (Wildman–Crippen LogP) is 2.11. The first-order valence-electron chi connectivity index (χ1n) is 5.43. The Labute approximate surface area is 104 Å². The molecule has 0 aliphatic rings. The molecule has 1 N–H and O–H groups in total. The zero-order valence-corrected chi connectivity index (χ0v) is 10.1. The lowest BCUT2D eigenvalue weighted by atomic mass is 10.1. The molecule has 7 nitrogen and oxygen atoms in total. The first kappa shape index (κ1) is 13.9. The van der Waals surface area contributed by atoms with Gasteiger partial charge in [-0.1, -0.05) is 13.8 Å². The average molecular weight is 254 g/mol. The molecule has 0 unspecified atom stereocenters. The molecule has 18 heavy (non-hydrogen) atoms. The first-order chi connectivity index (χ1) is 8.41. The van der Waals surface area contributed by atoms with Crippen molar-refractivity contribution in [2.75, 3.05) is 6.61 Å². The molecule has 1 aromatic heterocycles. The van der Waals surface area contributed by atoms with E-state index >= 15 is 0 Å². The Morgan fingerprint density at radius 3 is 2.72 bits per heavy atom. The van der Waals surface area contributed by atoms with Crippen LogP contribution in [0.15, 0.2) is 12.1 Å². The van der Waals surface area contributed by atoms with Crippen LogP contribution >= 0.6 is 0 Å². The number of aromatic nitrogens is 1. The van der Waals surface area contributed by atoms with Gasteiger partial charge >= 0.3 is 11.7 Å². The number of carboxylic acid groups (broad SMARTS) is 1. The smallest absolute Gasteiger partial charge is 0.354 e. The van der Waals surface area contributed by atoms with Gasteiger partial charge < -0.3 is 9.84 Å². The summed E-state index contributed by atoms with van der Waals surface area (Å²) in [4.78, 5) is 24.4. The van der Waals surface area contributed by atoms with Gasteiger partial charge in [0, 0.05) is 6.07 Å². The summed E-state index contributed by atoms with van der Waals surface area (Å²) in [6.07, 6.45) is 0.704. The fourth-order valence-corrected chi connectivity index (χ4v) is 1.19. The lowest BCUT2D eigenvalue weighted by Crippen LogP contribution is -2.08. The van der Waals surface area contributed by atoms with Crippen molar-refractivity contribution in [3.63, 3.8) is 0 Å². The van der Waals surface area contributed by atoms with Crippen LogP contribution in [0.1, 0.15) is 30.8 Å². The highest BCUT2D eigenvalue weighted by molar-refractivity contribution is 5.85. The van der Waals surface area contributed by atoms with Gasteiger partial charge in [-0.15, -0.1) is 0 Å². The van der Waals surface area contributed by atoms with Crippen LogP contribution in [0.3, 0.4) is 0 Å². The number of nitrogens with zero attached hydrogens (tertiary/aromatic N) is 2. The highest BCUT2D eigenvalue weighted by Gasteiger charge is 2.19. The summed E-state index contributed by atoms with van der Waals surface area (Å²) in [7, 11) is 0. The van der Waals surface area contributed by atoms with Gasteiger partial charge in [-0.3, -0.25) is 10.1 Å². The number of carboxylic acids is 1.